The minimum atomic E-state index is -1.16. The number of fused-ring (bicyclic) bond motifs is 6. The molecule has 2 saturated heterocycles. The van der Waals surface area contributed by atoms with Gasteiger partial charge in [0.05, 0.1) is 24.8 Å². The van der Waals surface area contributed by atoms with Crippen molar-refractivity contribution in [3.05, 3.63) is 84.2 Å². The number of benzene rings is 2. The highest BCUT2D eigenvalue weighted by Crippen LogP contribution is 2.41. The van der Waals surface area contributed by atoms with Crippen LogP contribution in [0.5, 0.6) is 5.75 Å². The first-order valence-corrected chi connectivity index (χ1v) is 22.7. The molecule has 19 heteroatoms. The van der Waals surface area contributed by atoms with E-state index in [1.807, 2.05) is 38.2 Å². The van der Waals surface area contributed by atoms with Crippen molar-refractivity contribution in [2.24, 2.45) is 17.3 Å². The number of ether oxygens (including phenoxy) is 2. The number of nitrogens with zero attached hydrogens (tertiary/aromatic N) is 5. The van der Waals surface area contributed by atoms with Crippen molar-refractivity contribution in [2.45, 2.75) is 98.0 Å². The second kappa shape index (κ2) is 24.9. The molecule has 0 radical (unpaired) electrons. The number of hydrazine groups is 1. The number of methoxy groups -OCH3 is 1. The predicted octanol–water partition coefficient (Wildman–Crippen LogP) is 5.86. The number of aryl methyl sites for hydroxylation is 1. The largest absolute Gasteiger partial charge is 0.508 e. The Labute approximate surface area is 433 Å². The van der Waals surface area contributed by atoms with Crippen LogP contribution in [0.4, 0.5) is 0 Å². The third-order valence-electron chi connectivity index (χ3n) is 13.0. The van der Waals surface area contributed by atoms with Gasteiger partial charge >= 0.3 is 5.97 Å². The summed E-state index contributed by atoms with van der Waals surface area (Å²) in [7, 11) is 3.25. The molecule has 0 saturated carbocycles. The minimum absolute atomic E-state index is 0. The molecule has 0 unspecified atom stereocenters. The number of nitrogens with one attached hydrogen (secondary N) is 2. The van der Waals surface area contributed by atoms with Gasteiger partial charge in [-0.1, -0.05) is 46.4 Å². The summed E-state index contributed by atoms with van der Waals surface area (Å²) in [4.78, 5) is 76.8. The Hall–Kier alpha value is -4.66. The van der Waals surface area contributed by atoms with E-state index in [1.54, 1.807) is 37.4 Å². The molecule has 378 valence electrons. The van der Waals surface area contributed by atoms with Gasteiger partial charge in [0, 0.05) is 81.0 Å². The molecule has 0 aliphatic carbocycles. The monoisotopic (exact) mass is 1030 g/mol. The summed E-state index contributed by atoms with van der Waals surface area (Å²) < 4.78 is 14.0. The lowest BCUT2D eigenvalue weighted by atomic mass is 9.84. The number of carbonyl (C=O) groups is 5. The van der Waals surface area contributed by atoms with Crippen molar-refractivity contribution in [2.75, 3.05) is 40.4 Å². The molecule has 3 N–H and O–H groups in total. The van der Waals surface area contributed by atoms with Gasteiger partial charge in [0.1, 0.15) is 23.9 Å². The highest BCUT2D eigenvalue weighted by molar-refractivity contribution is 7.59. The second-order valence-corrected chi connectivity index (χ2v) is 18.8. The molecule has 7 rings (SSSR count). The third kappa shape index (κ3) is 12.8. The Morgan fingerprint density at radius 1 is 1.06 bits per heavy atom. The molecule has 4 aromatic rings. The van der Waals surface area contributed by atoms with Crippen molar-refractivity contribution < 1.29 is 38.6 Å². The molecule has 15 nitrogen and oxygen atoms in total. The fourth-order valence-corrected chi connectivity index (χ4v) is 9.83. The van der Waals surface area contributed by atoms with Gasteiger partial charge < -0.3 is 34.3 Å². The zero-order chi connectivity index (χ0) is 46.7. The van der Waals surface area contributed by atoms with Crippen molar-refractivity contribution >= 4 is 94.5 Å². The average molecular weight is 1030 g/mol. The Bertz CT molecular complexity index is 2500. The normalized spacial score (nSPS) is 19.4. The summed E-state index contributed by atoms with van der Waals surface area (Å²) in [5.74, 6) is -2.86. The number of phenolic OH excluding ortho intramolecular Hbond substituents is 1. The molecule has 0 spiro atoms. The molecule has 4 amide bonds. The first-order valence-electron chi connectivity index (χ1n) is 22.7. The SMILES string of the molecule is C=CC(=O)N1CC[C@H](C(=O)N(C)[C@H](C(=O)N[C@H]2Cc3cc(O)cc(c3)-c3ccc4c(c3)c(c(-c3cnccc3COC)n4CC)CC(C)(C)COC(=O)[C@@H]3CCCN(N3)C2=O)C(C)C)C1.S.S.S.S. The summed E-state index contributed by atoms with van der Waals surface area (Å²) in [5.41, 5.74) is 9.72. The lowest BCUT2D eigenvalue weighted by Gasteiger charge is -2.37. The van der Waals surface area contributed by atoms with Crippen molar-refractivity contribution in [1.29, 1.82) is 0 Å². The number of hydrogen-bond donors (Lipinski definition) is 3. The number of carbonyl (C=O) groups excluding carboxylic acids is 5. The van der Waals surface area contributed by atoms with E-state index in [4.69, 9.17) is 9.47 Å². The van der Waals surface area contributed by atoms with Gasteiger partial charge in [-0.05, 0) is 103 Å². The molecule has 2 aromatic carbocycles. The average Bonchev–Trinajstić information content (AvgIpc) is 3.90. The smallest absolute Gasteiger partial charge is 0.324 e. The molecular formula is C50H71N7O8S4. The van der Waals surface area contributed by atoms with Crippen LogP contribution in [0.2, 0.25) is 0 Å². The van der Waals surface area contributed by atoms with E-state index >= 15 is 0 Å². The predicted molar refractivity (Wildman–Crippen MR) is 288 cm³/mol. The van der Waals surface area contributed by atoms with E-state index in [0.717, 1.165) is 38.9 Å². The molecular weight excluding hydrogens is 955 g/mol. The zero-order valence-corrected chi connectivity index (χ0v) is 44.7. The fraction of sp³-hybridized carbons (Fsp3) is 0.480. The molecule has 2 fully saturated rings. The van der Waals surface area contributed by atoms with Crippen LogP contribution in [0.1, 0.15) is 70.6 Å². The van der Waals surface area contributed by atoms with E-state index in [-0.39, 0.29) is 104 Å². The summed E-state index contributed by atoms with van der Waals surface area (Å²) in [6.07, 6.45) is 6.80. The summed E-state index contributed by atoms with van der Waals surface area (Å²) in [6, 6.07) is 10.5. The Balaban J connectivity index is 0.00000315. The molecule has 3 aliphatic rings. The van der Waals surface area contributed by atoms with E-state index in [2.05, 4.69) is 59.8 Å². The topological polar surface area (TPSA) is 176 Å². The van der Waals surface area contributed by atoms with Crippen molar-refractivity contribution in [1.82, 2.24) is 35.1 Å². The van der Waals surface area contributed by atoms with Gasteiger partial charge in [0.25, 0.3) is 5.91 Å². The maximum absolute atomic E-state index is 14.7. The van der Waals surface area contributed by atoms with Gasteiger partial charge in [-0.25, -0.2) is 5.43 Å². The van der Waals surface area contributed by atoms with Crippen LogP contribution in [-0.2, 0) is 59.4 Å². The van der Waals surface area contributed by atoms with Crippen LogP contribution in [0.25, 0.3) is 33.3 Å². The summed E-state index contributed by atoms with van der Waals surface area (Å²) >= 11 is 0. The molecule has 69 heavy (non-hydrogen) atoms. The third-order valence-corrected chi connectivity index (χ3v) is 13.0. The van der Waals surface area contributed by atoms with Crippen LogP contribution in [0.15, 0.2) is 67.5 Å². The Morgan fingerprint density at radius 3 is 2.48 bits per heavy atom. The highest BCUT2D eigenvalue weighted by atomic mass is 32.1. The second-order valence-electron chi connectivity index (χ2n) is 18.8. The van der Waals surface area contributed by atoms with Crippen LogP contribution in [0.3, 0.4) is 0 Å². The summed E-state index contributed by atoms with van der Waals surface area (Å²) in [5, 5.41) is 16.7. The maximum Gasteiger partial charge on any atom is 0.324 e. The summed E-state index contributed by atoms with van der Waals surface area (Å²) in [6.45, 7) is 15.6. The zero-order valence-electron chi connectivity index (χ0n) is 40.7. The molecule has 6 bridgehead atoms. The number of cyclic esters (lactones) is 1. The molecule has 2 aromatic heterocycles. The maximum atomic E-state index is 14.7. The van der Waals surface area contributed by atoms with Crippen LogP contribution < -0.4 is 10.7 Å². The number of aromatic hydroxyl groups is 1. The number of rotatable bonds is 10. The minimum Gasteiger partial charge on any atom is -0.508 e. The van der Waals surface area contributed by atoms with Crippen LogP contribution in [0, 0.1) is 17.3 Å². The molecule has 5 heterocycles. The molecule has 4 atom stereocenters. The Kier molecular flexibility index (Phi) is 21.2. The highest BCUT2D eigenvalue weighted by Gasteiger charge is 2.40. The van der Waals surface area contributed by atoms with E-state index < -0.39 is 47.2 Å². The van der Waals surface area contributed by atoms with Crippen LogP contribution in [-0.4, -0.2) is 118 Å². The first kappa shape index (κ1) is 58.7. The van der Waals surface area contributed by atoms with Crippen molar-refractivity contribution in [3.63, 3.8) is 0 Å². The number of esters is 1. The van der Waals surface area contributed by atoms with E-state index in [9.17, 15) is 29.1 Å². The van der Waals surface area contributed by atoms with E-state index in [0.29, 0.717) is 56.5 Å². The van der Waals surface area contributed by atoms with Gasteiger partial charge in [-0.3, -0.25) is 34.0 Å². The van der Waals surface area contributed by atoms with E-state index in [1.165, 1.54) is 16.0 Å². The standard InChI is InChI=1S/C50H63N7O8.4H2S/c1-9-43(59)55-19-16-33(27-55)47(61)54(7)44(30(3)4)46(60)52-41-22-31-20-35(23-36(58)21-31)32-13-14-42-37(24-32)38(45(56(42)10-2)39-26-51-17-15-34(39)28-64-8)25-50(5,6)29-65-49(63)40-12-11-18-57(53-40)48(41)62;;;;/h9,13-15,17,20-21,23-24,26,30,33,40-41,44,53,58H,1,10-12,16,18-19,22,25,27-29H2,2-8H3,(H,52,60);4*1H2/t33-,40-,41-,44-;;;;/m0..../s1. The number of pyridine rings is 1. The number of amides is 4. The number of likely N-dealkylation sites (N-methyl/N-ethyl adjacent to an activating group) is 1. The first-order chi connectivity index (χ1) is 31.0. The quantitative estimate of drug-likeness (QED) is 0.129. The lowest BCUT2D eigenvalue weighted by molar-refractivity contribution is -0.155. The Morgan fingerprint density at radius 2 is 1.80 bits per heavy atom. The van der Waals surface area contributed by atoms with Gasteiger partial charge in [0.15, 0.2) is 0 Å². The lowest BCUT2D eigenvalue weighted by Crippen LogP contribution is -2.62. The number of aromatic nitrogens is 2. The fourth-order valence-electron chi connectivity index (χ4n) is 9.83. The molecule has 3 aliphatic heterocycles. The number of phenols is 1. The van der Waals surface area contributed by atoms with Gasteiger partial charge in [-0.2, -0.15) is 54.0 Å². The van der Waals surface area contributed by atoms with Gasteiger partial charge in [0.2, 0.25) is 17.7 Å². The van der Waals surface area contributed by atoms with Crippen molar-refractivity contribution in [3.8, 4) is 28.1 Å². The number of likely N-dealkylation sites (tertiary alicyclic amines) is 1. The van der Waals surface area contributed by atoms with Crippen LogP contribution >= 0.6 is 54.0 Å². The van der Waals surface area contributed by atoms with Gasteiger partial charge in [-0.15, -0.1) is 0 Å². The number of hydrogen-bond acceptors (Lipinski definition) is 10.